The topological polar surface area (TPSA) is 12.0 Å². The van der Waals surface area contributed by atoms with Crippen molar-refractivity contribution < 1.29 is 0 Å². The summed E-state index contributed by atoms with van der Waals surface area (Å²) < 4.78 is 0. The zero-order chi connectivity index (χ0) is 12.2. The Kier molecular flexibility index (Phi) is 10.7. The zero-order valence-electron chi connectivity index (χ0n) is 11.4. The van der Waals surface area contributed by atoms with Gasteiger partial charge in [-0.15, -0.1) is 12.3 Å². The van der Waals surface area contributed by atoms with Crippen molar-refractivity contribution in [3.63, 3.8) is 0 Å². The summed E-state index contributed by atoms with van der Waals surface area (Å²) in [6.07, 6.45) is 13.9. The predicted octanol–water partition coefficient (Wildman–Crippen LogP) is 3.98. The van der Waals surface area contributed by atoms with E-state index in [1.165, 1.54) is 32.1 Å². The Balaban J connectivity index is 4.13. The minimum Gasteiger partial charge on any atom is -0.314 e. The molecule has 16 heavy (non-hydrogen) atoms. The monoisotopic (exact) mass is 223 g/mol. The highest BCUT2D eigenvalue weighted by atomic mass is 14.9. The molecule has 2 atom stereocenters. The first-order chi connectivity index (χ1) is 7.79. The molecule has 1 N–H and O–H groups in total. The summed E-state index contributed by atoms with van der Waals surface area (Å²) in [5.74, 6) is 3.58. The van der Waals surface area contributed by atoms with E-state index in [0.29, 0.717) is 6.04 Å². The highest BCUT2D eigenvalue weighted by Crippen LogP contribution is 2.20. The summed E-state index contributed by atoms with van der Waals surface area (Å²) in [5.41, 5.74) is 0. The second-order valence-electron chi connectivity index (χ2n) is 4.61. The molecule has 0 rings (SSSR count). The molecule has 0 aliphatic rings. The SMILES string of the molecule is C#CCCC(NCCC)C(CC)CCCC. The lowest BCUT2D eigenvalue weighted by atomic mass is 9.88. The summed E-state index contributed by atoms with van der Waals surface area (Å²) in [6, 6.07) is 0.632. The maximum Gasteiger partial charge on any atom is 0.0104 e. The molecule has 0 radical (unpaired) electrons. The van der Waals surface area contributed by atoms with Crippen molar-refractivity contribution in [3.05, 3.63) is 0 Å². The number of hydrogen-bond donors (Lipinski definition) is 1. The van der Waals surface area contributed by atoms with Gasteiger partial charge < -0.3 is 5.32 Å². The Morgan fingerprint density at radius 2 is 1.88 bits per heavy atom. The molecule has 0 saturated carbocycles. The predicted molar refractivity (Wildman–Crippen MR) is 73.5 cm³/mol. The van der Waals surface area contributed by atoms with Crippen molar-refractivity contribution in [1.82, 2.24) is 5.32 Å². The zero-order valence-corrected chi connectivity index (χ0v) is 11.4. The van der Waals surface area contributed by atoms with Crippen LogP contribution in [0.1, 0.15) is 65.7 Å². The van der Waals surface area contributed by atoms with E-state index in [9.17, 15) is 0 Å². The Labute approximate surface area is 102 Å². The molecule has 0 aromatic heterocycles. The van der Waals surface area contributed by atoms with Crippen LogP contribution in [-0.4, -0.2) is 12.6 Å². The van der Waals surface area contributed by atoms with Crippen molar-refractivity contribution in [2.45, 2.75) is 71.8 Å². The van der Waals surface area contributed by atoms with E-state index < -0.39 is 0 Å². The van der Waals surface area contributed by atoms with Crippen LogP contribution < -0.4 is 5.32 Å². The third-order valence-corrected chi connectivity index (χ3v) is 3.28. The number of nitrogens with one attached hydrogen (secondary N) is 1. The second-order valence-corrected chi connectivity index (χ2v) is 4.61. The number of terminal acetylenes is 1. The second kappa shape index (κ2) is 11.0. The van der Waals surface area contributed by atoms with Crippen molar-refractivity contribution in [1.29, 1.82) is 0 Å². The Bertz CT molecular complexity index is 180. The molecule has 0 bridgehead atoms. The number of hydrogen-bond acceptors (Lipinski definition) is 1. The molecule has 0 aromatic carbocycles. The summed E-state index contributed by atoms with van der Waals surface area (Å²) in [7, 11) is 0. The highest BCUT2D eigenvalue weighted by Gasteiger charge is 2.17. The van der Waals surface area contributed by atoms with E-state index >= 15 is 0 Å². The first-order valence-corrected chi connectivity index (χ1v) is 6.96. The third-order valence-electron chi connectivity index (χ3n) is 3.28. The minimum atomic E-state index is 0.632. The van der Waals surface area contributed by atoms with E-state index in [1.54, 1.807) is 0 Å². The molecule has 1 heteroatoms. The molecular formula is C15H29N. The molecule has 0 saturated heterocycles. The molecule has 0 heterocycles. The Morgan fingerprint density at radius 1 is 1.12 bits per heavy atom. The van der Waals surface area contributed by atoms with E-state index in [2.05, 4.69) is 32.0 Å². The lowest BCUT2D eigenvalue weighted by molar-refractivity contribution is 0.305. The van der Waals surface area contributed by atoms with E-state index in [4.69, 9.17) is 6.42 Å². The highest BCUT2D eigenvalue weighted by molar-refractivity contribution is 4.87. The van der Waals surface area contributed by atoms with Crippen LogP contribution in [0, 0.1) is 18.3 Å². The van der Waals surface area contributed by atoms with Gasteiger partial charge >= 0.3 is 0 Å². The van der Waals surface area contributed by atoms with Crippen molar-refractivity contribution in [3.8, 4) is 12.3 Å². The van der Waals surface area contributed by atoms with Gasteiger partial charge in [0.1, 0.15) is 0 Å². The normalized spacial score (nSPS) is 14.4. The van der Waals surface area contributed by atoms with Gasteiger partial charge in [-0.25, -0.2) is 0 Å². The molecule has 94 valence electrons. The fourth-order valence-corrected chi connectivity index (χ4v) is 2.23. The van der Waals surface area contributed by atoms with Gasteiger partial charge in [0.25, 0.3) is 0 Å². The number of rotatable bonds is 10. The van der Waals surface area contributed by atoms with Crippen LogP contribution in [0.25, 0.3) is 0 Å². The average Bonchev–Trinajstić information content (AvgIpc) is 2.32. The van der Waals surface area contributed by atoms with Crippen LogP contribution in [0.4, 0.5) is 0 Å². The third kappa shape index (κ3) is 6.90. The number of unbranched alkanes of at least 4 members (excludes halogenated alkanes) is 1. The summed E-state index contributed by atoms with van der Waals surface area (Å²) in [6.45, 7) is 7.91. The van der Waals surface area contributed by atoms with Crippen LogP contribution in [0.2, 0.25) is 0 Å². The van der Waals surface area contributed by atoms with Gasteiger partial charge in [-0.1, -0.05) is 40.0 Å². The molecule has 0 fully saturated rings. The van der Waals surface area contributed by atoms with Gasteiger partial charge in [0.2, 0.25) is 0 Å². The Morgan fingerprint density at radius 3 is 2.38 bits per heavy atom. The van der Waals surface area contributed by atoms with Crippen LogP contribution in [0.15, 0.2) is 0 Å². The van der Waals surface area contributed by atoms with Crippen molar-refractivity contribution >= 4 is 0 Å². The van der Waals surface area contributed by atoms with Crippen molar-refractivity contribution in [2.24, 2.45) is 5.92 Å². The van der Waals surface area contributed by atoms with Gasteiger partial charge in [-0.05, 0) is 31.7 Å². The lowest BCUT2D eigenvalue weighted by Gasteiger charge is -2.27. The molecule has 0 aliphatic carbocycles. The minimum absolute atomic E-state index is 0.632. The van der Waals surface area contributed by atoms with Crippen molar-refractivity contribution in [2.75, 3.05) is 6.54 Å². The maximum absolute atomic E-state index is 5.37. The van der Waals surface area contributed by atoms with Crippen LogP contribution in [0.3, 0.4) is 0 Å². The standard InChI is InChI=1S/C15H29N/c1-5-9-11-14(8-4)15(12-10-6-2)16-13-7-3/h2,14-16H,5,7-13H2,1,3-4H3. The van der Waals surface area contributed by atoms with E-state index in [1.807, 2.05) is 0 Å². The smallest absolute Gasteiger partial charge is 0.0104 e. The molecule has 0 aromatic rings. The molecule has 0 aliphatic heterocycles. The van der Waals surface area contributed by atoms with Gasteiger partial charge in [-0.3, -0.25) is 0 Å². The lowest BCUT2D eigenvalue weighted by Crippen LogP contribution is -2.36. The molecular weight excluding hydrogens is 194 g/mol. The molecule has 2 unspecified atom stereocenters. The fraction of sp³-hybridized carbons (Fsp3) is 0.867. The first kappa shape index (κ1) is 15.5. The Hall–Kier alpha value is -0.480. The summed E-state index contributed by atoms with van der Waals surface area (Å²) in [5, 5.41) is 3.67. The van der Waals surface area contributed by atoms with Gasteiger partial charge in [-0.2, -0.15) is 0 Å². The fourth-order valence-electron chi connectivity index (χ4n) is 2.23. The van der Waals surface area contributed by atoms with Gasteiger partial charge in [0, 0.05) is 12.5 Å². The first-order valence-electron chi connectivity index (χ1n) is 6.96. The van der Waals surface area contributed by atoms with Gasteiger partial charge in [0.05, 0.1) is 0 Å². The maximum atomic E-state index is 5.37. The van der Waals surface area contributed by atoms with Crippen LogP contribution >= 0.6 is 0 Å². The van der Waals surface area contributed by atoms with E-state index in [0.717, 1.165) is 25.3 Å². The van der Waals surface area contributed by atoms with Crippen LogP contribution in [0.5, 0.6) is 0 Å². The van der Waals surface area contributed by atoms with Crippen LogP contribution in [-0.2, 0) is 0 Å². The molecule has 1 nitrogen and oxygen atoms in total. The van der Waals surface area contributed by atoms with E-state index in [-0.39, 0.29) is 0 Å². The average molecular weight is 223 g/mol. The summed E-state index contributed by atoms with van der Waals surface area (Å²) >= 11 is 0. The summed E-state index contributed by atoms with van der Waals surface area (Å²) in [4.78, 5) is 0. The molecule has 0 spiro atoms. The molecule has 0 amide bonds. The largest absolute Gasteiger partial charge is 0.314 e. The quantitative estimate of drug-likeness (QED) is 0.552. The van der Waals surface area contributed by atoms with Gasteiger partial charge in [0.15, 0.2) is 0 Å².